The first kappa shape index (κ1) is 22.4. The van der Waals surface area contributed by atoms with Gasteiger partial charge in [-0.2, -0.15) is 0 Å². The highest BCUT2D eigenvalue weighted by Gasteiger charge is 2.40. The molecule has 1 aromatic carbocycles. The molecule has 0 unspecified atom stereocenters. The predicted molar refractivity (Wildman–Crippen MR) is 125 cm³/mol. The SMILES string of the molecule is CN=C(NCC1(N2CCCC2)CCOCC1)N1CCN(CCOc2ccccc2)CC1. The van der Waals surface area contributed by atoms with Crippen molar-refractivity contribution in [1.82, 2.24) is 20.0 Å². The molecule has 0 atom stereocenters. The molecular weight excluding hydrogens is 390 g/mol. The number of benzene rings is 1. The van der Waals surface area contributed by atoms with E-state index in [2.05, 4.69) is 25.0 Å². The van der Waals surface area contributed by atoms with Gasteiger partial charge in [0.15, 0.2) is 5.96 Å². The highest BCUT2D eigenvalue weighted by molar-refractivity contribution is 5.80. The summed E-state index contributed by atoms with van der Waals surface area (Å²) in [5, 5.41) is 3.74. The maximum Gasteiger partial charge on any atom is 0.193 e. The van der Waals surface area contributed by atoms with Crippen LogP contribution in [0.1, 0.15) is 25.7 Å². The molecule has 4 rings (SSSR count). The normalized spacial score (nSPS) is 23.1. The molecule has 3 heterocycles. The number of nitrogens with zero attached hydrogens (tertiary/aromatic N) is 4. The van der Waals surface area contributed by atoms with E-state index in [4.69, 9.17) is 9.47 Å². The lowest BCUT2D eigenvalue weighted by molar-refractivity contribution is -0.0167. The third-order valence-electron chi connectivity index (χ3n) is 7.08. The number of nitrogens with one attached hydrogen (secondary N) is 1. The van der Waals surface area contributed by atoms with E-state index in [1.807, 2.05) is 37.4 Å². The van der Waals surface area contributed by atoms with Gasteiger partial charge in [-0.25, -0.2) is 0 Å². The first-order valence-corrected chi connectivity index (χ1v) is 12.0. The molecular formula is C24H39N5O2. The van der Waals surface area contributed by atoms with Crippen LogP contribution < -0.4 is 10.1 Å². The van der Waals surface area contributed by atoms with Crippen LogP contribution in [0.3, 0.4) is 0 Å². The van der Waals surface area contributed by atoms with Crippen molar-refractivity contribution in [3.63, 3.8) is 0 Å². The minimum Gasteiger partial charge on any atom is -0.492 e. The van der Waals surface area contributed by atoms with E-state index < -0.39 is 0 Å². The second kappa shape index (κ2) is 11.2. The number of para-hydroxylation sites is 1. The third kappa shape index (κ3) is 5.90. The van der Waals surface area contributed by atoms with Gasteiger partial charge in [0.05, 0.1) is 0 Å². The van der Waals surface area contributed by atoms with Crippen LogP contribution in [-0.4, -0.2) is 105 Å². The van der Waals surface area contributed by atoms with Crippen molar-refractivity contribution in [3.8, 4) is 5.75 Å². The summed E-state index contributed by atoms with van der Waals surface area (Å²) in [7, 11) is 1.91. The van der Waals surface area contributed by atoms with Gasteiger partial charge >= 0.3 is 0 Å². The van der Waals surface area contributed by atoms with Crippen molar-refractivity contribution in [2.45, 2.75) is 31.2 Å². The number of guanidine groups is 1. The number of rotatable bonds is 7. The molecule has 3 fully saturated rings. The van der Waals surface area contributed by atoms with Crippen molar-refractivity contribution < 1.29 is 9.47 Å². The molecule has 0 spiro atoms. The maximum atomic E-state index is 5.86. The summed E-state index contributed by atoms with van der Waals surface area (Å²) in [5.41, 5.74) is 0.224. The van der Waals surface area contributed by atoms with Gasteiger partial charge in [0.1, 0.15) is 12.4 Å². The minimum atomic E-state index is 0.224. The van der Waals surface area contributed by atoms with Crippen LogP contribution in [0.15, 0.2) is 35.3 Å². The monoisotopic (exact) mass is 429 g/mol. The Kier molecular flexibility index (Phi) is 8.05. The van der Waals surface area contributed by atoms with Crippen LogP contribution in [0, 0.1) is 0 Å². The molecule has 0 saturated carbocycles. The number of hydrogen-bond donors (Lipinski definition) is 1. The minimum absolute atomic E-state index is 0.224. The Morgan fingerprint density at radius 1 is 1.03 bits per heavy atom. The lowest BCUT2D eigenvalue weighted by Gasteiger charge is -2.45. The van der Waals surface area contributed by atoms with Crippen molar-refractivity contribution in [1.29, 1.82) is 0 Å². The van der Waals surface area contributed by atoms with Gasteiger partial charge < -0.3 is 19.7 Å². The zero-order chi connectivity index (χ0) is 21.4. The second-order valence-electron chi connectivity index (χ2n) is 8.92. The molecule has 172 valence electrons. The van der Waals surface area contributed by atoms with Crippen LogP contribution in [0.4, 0.5) is 0 Å². The standard InChI is InChI=1S/C24H39N5O2/c1-25-23(26-21-24(9-18-30-19-10-24)29-11-5-6-12-29)28-15-13-27(14-16-28)17-20-31-22-7-3-2-4-8-22/h2-4,7-8H,5-6,9-21H2,1H3,(H,25,26). The van der Waals surface area contributed by atoms with E-state index >= 15 is 0 Å². The smallest absolute Gasteiger partial charge is 0.193 e. The average Bonchev–Trinajstić information content (AvgIpc) is 3.38. The summed E-state index contributed by atoms with van der Waals surface area (Å²) in [6.07, 6.45) is 4.89. The summed E-state index contributed by atoms with van der Waals surface area (Å²) in [4.78, 5) is 12.2. The molecule has 0 bridgehead atoms. The van der Waals surface area contributed by atoms with Gasteiger partial charge in [-0.15, -0.1) is 0 Å². The summed E-state index contributed by atoms with van der Waals surface area (Å²) in [6, 6.07) is 10.1. The van der Waals surface area contributed by atoms with Gasteiger partial charge in [0, 0.05) is 65.1 Å². The number of likely N-dealkylation sites (tertiary alicyclic amines) is 1. The zero-order valence-corrected chi connectivity index (χ0v) is 19.1. The Morgan fingerprint density at radius 3 is 2.42 bits per heavy atom. The average molecular weight is 430 g/mol. The third-order valence-corrected chi connectivity index (χ3v) is 7.08. The van der Waals surface area contributed by atoms with Crippen molar-refractivity contribution in [2.24, 2.45) is 4.99 Å². The summed E-state index contributed by atoms with van der Waals surface area (Å²) >= 11 is 0. The van der Waals surface area contributed by atoms with Crippen LogP contribution >= 0.6 is 0 Å². The Morgan fingerprint density at radius 2 is 1.74 bits per heavy atom. The molecule has 0 aliphatic carbocycles. The highest BCUT2D eigenvalue weighted by Crippen LogP contribution is 2.30. The Bertz CT molecular complexity index is 678. The molecule has 7 heteroatoms. The molecule has 31 heavy (non-hydrogen) atoms. The number of ether oxygens (including phenoxy) is 2. The number of piperazine rings is 1. The quantitative estimate of drug-likeness (QED) is 0.528. The first-order valence-electron chi connectivity index (χ1n) is 12.0. The van der Waals surface area contributed by atoms with Crippen LogP contribution in [0.25, 0.3) is 0 Å². The predicted octanol–water partition coefficient (Wildman–Crippen LogP) is 1.90. The lowest BCUT2D eigenvalue weighted by atomic mass is 9.88. The van der Waals surface area contributed by atoms with Gasteiger partial charge in [0.2, 0.25) is 0 Å². The van der Waals surface area contributed by atoms with E-state index in [9.17, 15) is 0 Å². The Balaban J connectivity index is 1.22. The molecule has 0 radical (unpaired) electrons. The van der Waals surface area contributed by atoms with E-state index in [0.717, 1.165) is 83.6 Å². The summed E-state index contributed by atoms with van der Waals surface area (Å²) in [6.45, 7) is 11.0. The van der Waals surface area contributed by atoms with E-state index in [1.165, 1.54) is 25.9 Å². The maximum absolute atomic E-state index is 5.86. The van der Waals surface area contributed by atoms with Crippen LogP contribution in [-0.2, 0) is 4.74 Å². The lowest BCUT2D eigenvalue weighted by Crippen LogP contribution is -2.60. The fourth-order valence-electron chi connectivity index (χ4n) is 5.12. The van der Waals surface area contributed by atoms with E-state index in [-0.39, 0.29) is 5.54 Å². The van der Waals surface area contributed by atoms with E-state index in [0.29, 0.717) is 0 Å². The summed E-state index contributed by atoms with van der Waals surface area (Å²) < 4.78 is 11.6. The van der Waals surface area contributed by atoms with Gasteiger partial charge in [0.25, 0.3) is 0 Å². The molecule has 3 aliphatic rings. The van der Waals surface area contributed by atoms with Crippen molar-refractivity contribution in [2.75, 3.05) is 79.2 Å². The van der Waals surface area contributed by atoms with E-state index in [1.54, 1.807) is 0 Å². The number of hydrogen-bond acceptors (Lipinski definition) is 5. The van der Waals surface area contributed by atoms with Gasteiger partial charge in [-0.3, -0.25) is 14.8 Å². The molecule has 0 aromatic heterocycles. The van der Waals surface area contributed by atoms with Gasteiger partial charge in [-0.1, -0.05) is 18.2 Å². The van der Waals surface area contributed by atoms with Gasteiger partial charge in [-0.05, 0) is 50.9 Å². The Labute approximate surface area is 187 Å². The molecule has 7 nitrogen and oxygen atoms in total. The fraction of sp³-hybridized carbons (Fsp3) is 0.708. The van der Waals surface area contributed by atoms with Crippen molar-refractivity contribution >= 4 is 5.96 Å². The molecule has 3 saturated heterocycles. The highest BCUT2D eigenvalue weighted by atomic mass is 16.5. The first-order chi connectivity index (χ1) is 15.3. The fourth-order valence-corrected chi connectivity index (χ4v) is 5.12. The molecule has 1 N–H and O–H groups in total. The number of aliphatic imine (C=N–C) groups is 1. The largest absolute Gasteiger partial charge is 0.492 e. The van der Waals surface area contributed by atoms with Crippen LogP contribution in [0.2, 0.25) is 0 Å². The second-order valence-corrected chi connectivity index (χ2v) is 8.92. The topological polar surface area (TPSA) is 52.6 Å². The Hall–Kier alpha value is -1.83. The van der Waals surface area contributed by atoms with Crippen molar-refractivity contribution in [3.05, 3.63) is 30.3 Å². The zero-order valence-electron chi connectivity index (χ0n) is 19.1. The molecule has 3 aliphatic heterocycles. The molecule has 1 aromatic rings. The summed E-state index contributed by atoms with van der Waals surface area (Å²) in [5.74, 6) is 2.00. The molecule has 0 amide bonds. The van der Waals surface area contributed by atoms with Crippen LogP contribution in [0.5, 0.6) is 5.75 Å².